The molecule has 3 N–H and O–H groups in total. The SMILES string of the molecule is CCNC(=NCC(c1cccs1)N1CCOCC1)NCCNC(=O)C(C)(C)C.I. The van der Waals surface area contributed by atoms with Crippen molar-refractivity contribution in [2.24, 2.45) is 10.4 Å². The lowest BCUT2D eigenvalue weighted by Gasteiger charge is -2.33. The van der Waals surface area contributed by atoms with Crippen molar-refractivity contribution in [3.05, 3.63) is 22.4 Å². The molecule has 0 aliphatic carbocycles. The fourth-order valence-corrected chi connectivity index (χ4v) is 3.75. The lowest BCUT2D eigenvalue weighted by molar-refractivity contribution is -0.128. The molecule has 7 nitrogen and oxygen atoms in total. The van der Waals surface area contributed by atoms with Gasteiger partial charge in [-0.2, -0.15) is 0 Å². The molecule has 9 heteroatoms. The van der Waals surface area contributed by atoms with Gasteiger partial charge in [0.2, 0.25) is 5.91 Å². The van der Waals surface area contributed by atoms with Crippen LogP contribution in [0.3, 0.4) is 0 Å². The van der Waals surface area contributed by atoms with Gasteiger partial charge in [-0.1, -0.05) is 26.8 Å². The maximum Gasteiger partial charge on any atom is 0.225 e. The van der Waals surface area contributed by atoms with Crippen LogP contribution in [0.4, 0.5) is 0 Å². The van der Waals surface area contributed by atoms with Crippen LogP contribution in [0.25, 0.3) is 0 Å². The molecule has 2 heterocycles. The minimum atomic E-state index is -0.370. The van der Waals surface area contributed by atoms with Crippen molar-refractivity contribution in [3.63, 3.8) is 0 Å². The number of carbonyl (C=O) groups excluding carboxylic acids is 1. The van der Waals surface area contributed by atoms with Gasteiger partial charge in [0.15, 0.2) is 5.96 Å². The molecule has 29 heavy (non-hydrogen) atoms. The highest BCUT2D eigenvalue weighted by molar-refractivity contribution is 14.0. The van der Waals surface area contributed by atoms with Crippen molar-refractivity contribution in [1.82, 2.24) is 20.9 Å². The van der Waals surface area contributed by atoms with Gasteiger partial charge in [0, 0.05) is 43.0 Å². The molecule has 0 saturated carbocycles. The van der Waals surface area contributed by atoms with E-state index in [0.29, 0.717) is 19.6 Å². The first-order valence-corrected chi connectivity index (χ1v) is 11.0. The van der Waals surface area contributed by atoms with Crippen LogP contribution in [0.5, 0.6) is 0 Å². The third-order valence-corrected chi connectivity index (χ3v) is 5.48. The second-order valence-corrected chi connectivity index (χ2v) is 8.81. The fourth-order valence-electron chi connectivity index (χ4n) is 2.90. The van der Waals surface area contributed by atoms with Crippen LogP contribution in [0, 0.1) is 5.41 Å². The maximum atomic E-state index is 12.0. The van der Waals surface area contributed by atoms with Crippen LogP contribution >= 0.6 is 35.3 Å². The highest BCUT2D eigenvalue weighted by Gasteiger charge is 2.23. The number of morpholine rings is 1. The minimum Gasteiger partial charge on any atom is -0.379 e. The number of halogens is 1. The van der Waals surface area contributed by atoms with Gasteiger partial charge in [0.25, 0.3) is 0 Å². The number of ether oxygens (including phenoxy) is 1. The Kier molecular flexibility index (Phi) is 12.1. The van der Waals surface area contributed by atoms with E-state index in [9.17, 15) is 4.79 Å². The molecule has 1 aromatic rings. The van der Waals surface area contributed by atoms with Gasteiger partial charge in [-0.25, -0.2) is 0 Å². The highest BCUT2D eigenvalue weighted by Crippen LogP contribution is 2.26. The molecular formula is C20H36IN5O2S. The second-order valence-electron chi connectivity index (χ2n) is 7.83. The molecule has 0 radical (unpaired) electrons. The number of rotatable bonds is 8. The number of nitrogens with one attached hydrogen (secondary N) is 3. The number of amides is 1. The van der Waals surface area contributed by atoms with Crippen molar-refractivity contribution in [1.29, 1.82) is 0 Å². The molecule has 1 unspecified atom stereocenters. The largest absolute Gasteiger partial charge is 0.379 e. The monoisotopic (exact) mass is 537 g/mol. The first-order chi connectivity index (χ1) is 13.4. The summed E-state index contributed by atoms with van der Waals surface area (Å²) < 4.78 is 5.51. The summed E-state index contributed by atoms with van der Waals surface area (Å²) >= 11 is 1.78. The van der Waals surface area contributed by atoms with Crippen LogP contribution in [0.15, 0.2) is 22.5 Å². The molecule has 1 saturated heterocycles. The van der Waals surface area contributed by atoms with Gasteiger partial charge < -0.3 is 20.7 Å². The zero-order valence-corrected chi connectivity index (χ0v) is 21.1. The summed E-state index contributed by atoms with van der Waals surface area (Å²) in [5.74, 6) is 0.837. The van der Waals surface area contributed by atoms with Crippen molar-refractivity contribution >= 4 is 47.2 Å². The number of nitrogens with zero attached hydrogens (tertiary/aromatic N) is 2. The standard InChI is InChI=1S/C20H35N5O2S.HI/c1-5-21-19(23-9-8-22-18(26)20(2,3)4)24-15-16(17-7-6-14-28-17)25-10-12-27-13-11-25;/h6-7,14,16H,5,8-13,15H2,1-4H3,(H,22,26)(H2,21,23,24);1H. The Hall–Kier alpha value is -0.910. The topological polar surface area (TPSA) is 78.0 Å². The highest BCUT2D eigenvalue weighted by atomic mass is 127. The van der Waals surface area contributed by atoms with Crippen molar-refractivity contribution in [3.8, 4) is 0 Å². The molecule has 0 spiro atoms. The van der Waals surface area contributed by atoms with E-state index < -0.39 is 0 Å². The molecule has 166 valence electrons. The Labute approximate surface area is 196 Å². The Morgan fingerprint density at radius 1 is 1.24 bits per heavy atom. The first-order valence-electron chi connectivity index (χ1n) is 10.1. The maximum absolute atomic E-state index is 12.0. The third-order valence-electron chi connectivity index (χ3n) is 4.51. The molecule has 1 aromatic heterocycles. The fraction of sp³-hybridized carbons (Fsp3) is 0.700. The van der Waals surface area contributed by atoms with E-state index in [2.05, 4.69) is 45.3 Å². The summed E-state index contributed by atoms with van der Waals surface area (Å²) in [6.07, 6.45) is 0. The normalized spacial score (nSPS) is 16.6. The van der Waals surface area contributed by atoms with Gasteiger partial charge in [-0.05, 0) is 18.4 Å². The smallest absolute Gasteiger partial charge is 0.225 e. The summed E-state index contributed by atoms with van der Waals surface area (Å²) in [4.78, 5) is 20.6. The van der Waals surface area contributed by atoms with E-state index >= 15 is 0 Å². The zero-order valence-electron chi connectivity index (χ0n) is 18.0. The molecular weight excluding hydrogens is 501 g/mol. The zero-order chi connectivity index (χ0) is 20.4. The van der Waals surface area contributed by atoms with E-state index in [1.54, 1.807) is 11.3 Å². The quantitative estimate of drug-likeness (QED) is 0.206. The van der Waals surface area contributed by atoms with E-state index in [-0.39, 0.29) is 41.3 Å². The number of aliphatic imine (C=N–C) groups is 1. The summed E-state index contributed by atoms with van der Waals surface area (Å²) in [5, 5.41) is 11.7. The van der Waals surface area contributed by atoms with Gasteiger partial charge in [0.1, 0.15) is 0 Å². The molecule has 0 aromatic carbocycles. The molecule has 2 rings (SSSR count). The number of hydrogen-bond acceptors (Lipinski definition) is 5. The lowest BCUT2D eigenvalue weighted by Crippen LogP contribution is -2.44. The summed E-state index contributed by atoms with van der Waals surface area (Å²) in [6.45, 7) is 13.9. The molecule has 0 bridgehead atoms. The molecule has 1 fully saturated rings. The summed E-state index contributed by atoms with van der Waals surface area (Å²) in [5.41, 5.74) is -0.370. The summed E-state index contributed by atoms with van der Waals surface area (Å²) in [6, 6.07) is 4.54. The second kappa shape index (κ2) is 13.4. The van der Waals surface area contributed by atoms with Gasteiger partial charge >= 0.3 is 0 Å². The minimum absolute atomic E-state index is 0. The summed E-state index contributed by atoms with van der Waals surface area (Å²) in [7, 11) is 0. The predicted molar refractivity (Wildman–Crippen MR) is 131 cm³/mol. The van der Waals surface area contributed by atoms with Gasteiger partial charge in [-0.3, -0.25) is 14.7 Å². The van der Waals surface area contributed by atoms with E-state index in [4.69, 9.17) is 9.73 Å². The molecule has 1 aliphatic heterocycles. The van der Waals surface area contributed by atoms with Crippen LogP contribution in [-0.2, 0) is 9.53 Å². The average Bonchev–Trinajstić information content (AvgIpc) is 3.19. The third kappa shape index (κ3) is 9.18. The van der Waals surface area contributed by atoms with Gasteiger partial charge in [0.05, 0.1) is 25.8 Å². The molecule has 1 atom stereocenters. The Morgan fingerprint density at radius 2 is 1.93 bits per heavy atom. The van der Waals surface area contributed by atoms with Crippen LogP contribution in [0.1, 0.15) is 38.6 Å². The molecule has 1 amide bonds. The Balaban J connectivity index is 0.00000420. The Morgan fingerprint density at radius 3 is 2.52 bits per heavy atom. The van der Waals surface area contributed by atoms with E-state index in [1.165, 1.54) is 4.88 Å². The average molecular weight is 538 g/mol. The lowest BCUT2D eigenvalue weighted by atomic mass is 9.96. The van der Waals surface area contributed by atoms with Crippen LogP contribution in [0.2, 0.25) is 0 Å². The number of thiophene rings is 1. The van der Waals surface area contributed by atoms with Gasteiger partial charge in [-0.15, -0.1) is 35.3 Å². The van der Waals surface area contributed by atoms with Crippen molar-refractivity contribution in [2.45, 2.75) is 33.7 Å². The molecule has 1 aliphatic rings. The van der Waals surface area contributed by atoms with Crippen molar-refractivity contribution < 1.29 is 9.53 Å². The van der Waals surface area contributed by atoms with E-state index in [0.717, 1.165) is 38.8 Å². The number of guanidine groups is 1. The van der Waals surface area contributed by atoms with Crippen LogP contribution in [-0.4, -0.2) is 69.2 Å². The first kappa shape index (κ1) is 26.1. The van der Waals surface area contributed by atoms with Crippen molar-refractivity contribution in [2.75, 3.05) is 52.5 Å². The number of carbonyl (C=O) groups is 1. The van der Waals surface area contributed by atoms with E-state index in [1.807, 2.05) is 20.8 Å². The number of hydrogen-bond donors (Lipinski definition) is 3. The Bertz CT molecular complexity index is 613. The van der Waals surface area contributed by atoms with Crippen LogP contribution < -0.4 is 16.0 Å². The predicted octanol–water partition coefficient (Wildman–Crippen LogP) is 2.46.